The Kier molecular flexibility index (Phi) is 5.91. The molecule has 0 atom stereocenters. The number of hydrogen-bond donors (Lipinski definition) is 0. The molecule has 1 aromatic rings. The minimum absolute atomic E-state index is 0.635. The largest absolute Gasteiger partial charge is 0.493 e. The standard InChI is InChI=1S/C17H28N2O3/c1-18-8-6-14(7-9-18)19(2)12-13-10-15(20-3)17(22-5)16(11-13)21-4/h10-11,14H,6-9,12H2,1-5H3. The first kappa shape index (κ1) is 16.9. The smallest absolute Gasteiger partial charge is 0.203 e. The van der Waals surface area contributed by atoms with Crippen LogP contribution < -0.4 is 14.2 Å². The van der Waals surface area contributed by atoms with E-state index in [1.165, 1.54) is 31.5 Å². The SMILES string of the molecule is COc1cc(CN(C)C2CCN(C)CC2)cc(OC)c1OC. The fraction of sp³-hybridized carbons (Fsp3) is 0.647. The van der Waals surface area contributed by atoms with E-state index in [-0.39, 0.29) is 0 Å². The summed E-state index contributed by atoms with van der Waals surface area (Å²) in [6.07, 6.45) is 2.44. The summed E-state index contributed by atoms with van der Waals surface area (Å²) in [5, 5.41) is 0. The van der Waals surface area contributed by atoms with Gasteiger partial charge in [0.05, 0.1) is 21.3 Å². The number of methoxy groups -OCH3 is 3. The van der Waals surface area contributed by atoms with E-state index in [0.29, 0.717) is 23.3 Å². The highest BCUT2D eigenvalue weighted by Crippen LogP contribution is 2.38. The molecule has 0 spiro atoms. The molecular formula is C17H28N2O3. The normalized spacial score (nSPS) is 16.8. The average Bonchev–Trinajstić information content (AvgIpc) is 2.54. The zero-order valence-electron chi connectivity index (χ0n) is 14.4. The molecule has 5 heteroatoms. The maximum atomic E-state index is 5.43. The Morgan fingerprint density at radius 1 is 1.05 bits per heavy atom. The van der Waals surface area contributed by atoms with Crippen LogP contribution in [0.5, 0.6) is 17.2 Å². The van der Waals surface area contributed by atoms with E-state index in [4.69, 9.17) is 14.2 Å². The second-order valence-corrected chi connectivity index (χ2v) is 5.98. The second-order valence-electron chi connectivity index (χ2n) is 5.98. The van der Waals surface area contributed by atoms with Crippen LogP contribution in [0.3, 0.4) is 0 Å². The molecule has 0 aromatic heterocycles. The van der Waals surface area contributed by atoms with E-state index in [0.717, 1.165) is 6.54 Å². The lowest BCUT2D eigenvalue weighted by Gasteiger charge is -2.35. The zero-order valence-corrected chi connectivity index (χ0v) is 14.4. The lowest BCUT2D eigenvalue weighted by Crippen LogP contribution is -2.41. The molecule has 5 nitrogen and oxygen atoms in total. The summed E-state index contributed by atoms with van der Waals surface area (Å²) in [6, 6.07) is 4.70. The highest BCUT2D eigenvalue weighted by atomic mass is 16.5. The van der Waals surface area contributed by atoms with E-state index in [2.05, 4.69) is 23.9 Å². The van der Waals surface area contributed by atoms with Crippen LogP contribution in [0, 0.1) is 0 Å². The lowest BCUT2D eigenvalue weighted by molar-refractivity contribution is 0.139. The van der Waals surface area contributed by atoms with Crippen LogP contribution in [0.15, 0.2) is 12.1 Å². The number of hydrogen-bond acceptors (Lipinski definition) is 5. The second kappa shape index (κ2) is 7.70. The van der Waals surface area contributed by atoms with Crippen molar-refractivity contribution in [3.05, 3.63) is 17.7 Å². The van der Waals surface area contributed by atoms with Gasteiger partial charge in [-0.1, -0.05) is 0 Å². The number of piperidine rings is 1. The van der Waals surface area contributed by atoms with Crippen LogP contribution in [0.4, 0.5) is 0 Å². The Hall–Kier alpha value is -1.46. The Balaban J connectivity index is 2.11. The molecule has 0 saturated carbocycles. The third-order valence-electron chi connectivity index (χ3n) is 4.47. The van der Waals surface area contributed by atoms with Gasteiger partial charge in [-0.05, 0) is 57.7 Å². The zero-order chi connectivity index (χ0) is 16.1. The average molecular weight is 308 g/mol. The van der Waals surface area contributed by atoms with E-state index in [9.17, 15) is 0 Å². The van der Waals surface area contributed by atoms with Gasteiger partial charge in [0.15, 0.2) is 11.5 Å². The number of benzene rings is 1. The minimum Gasteiger partial charge on any atom is -0.493 e. The molecule has 0 unspecified atom stereocenters. The molecule has 1 heterocycles. The molecule has 0 amide bonds. The molecule has 124 valence electrons. The number of likely N-dealkylation sites (tertiary alicyclic amines) is 1. The van der Waals surface area contributed by atoms with Crippen LogP contribution in [0.2, 0.25) is 0 Å². The number of ether oxygens (including phenoxy) is 3. The van der Waals surface area contributed by atoms with Crippen LogP contribution in [0.1, 0.15) is 18.4 Å². The highest BCUT2D eigenvalue weighted by Gasteiger charge is 2.21. The molecule has 1 aliphatic heterocycles. The van der Waals surface area contributed by atoms with E-state index < -0.39 is 0 Å². The van der Waals surface area contributed by atoms with Crippen molar-refractivity contribution in [3.8, 4) is 17.2 Å². The highest BCUT2D eigenvalue weighted by molar-refractivity contribution is 5.53. The van der Waals surface area contributed by atoms with Crippen molar-refractivity contribution in [1.82, 2.24) is 9.80 Å². The van der Waals surface area contributed by atoms with Crippen molar-refractivity contribution in [1.29, 1.82) is 0 Å². The minimum atomic E-state index is 0.635. The fourth-order valence-electron chi connectivity index (χ4n) is 3.08. The van der Waals surface area contributed by atoms with Crippen LogP contribution in [-0.4, -0.2) is 64.4 Å². The first-order valence-electron chi connectivity index (χ1n) is 7.76. The van der Waals surface area contributed by atoms with Crippen molar-refractivity contribution in [2.75, 3.05) is 48.5 Å². The molecule has 0 aliphatic carbocycles. The summed E-state index contributed by atoms with van der Waals surface area (Å²) in [4.78, 5) is 4.82. The summed E-state index contributed by atoms with van der Waals surface area (Å²) in [5.41, 5.74) is 1.18. The van der Waals surface area contributed by atoms with Gasteiger partial charge in [0, 0.05) is 12.6 Å². The van der Waals surface area contributed by atoms with Crippen LogP contribution in [0.25, 0.3) is 0 Å². The van der Waals surface area contributed by atoms with Crippen LogP contribution >= 0.6 is 0 Å². The molecule has 1 fully saturated rings. The van der Waals surface area contributed by atoms with E-state index in [1.54, 1.807) is 21.3 Å². The van der Waals surface area contributed by atoms with Gasteiger partial charge in [-0.2, -0.15) is 0 Å². The third kappa shape index (κ3) is 3.84. The quantitative estimate of drug-likeness (QED) is 0.805. The summed E-state index contributed by atoms with van der Waals surface area (Å²) < 4.78 is 16.2. The van der Waals surface area contributed by atoms with Gasteiger partial charge < -0.3 is 19.1 Å². The van der Waals surface area contributed by atoms with Crippen molar-refractivity contribution < 1.29 is 14.2 Å². The van der Waals surface area contributed by atoms with Crippen molar-refractivity contribution >= 4 is 0 Å². The maximum absolute atomic E-state index is 5.43. The molecular weight excluding hydrogens is 280 g/mol. The first-order chi connectivity index (χ1) is 10.6. The van der Waals surface area contributed by atoms with Gasteiger partial charge >= 0.3 is 0 Å². The van der Waals surface area contributed by atoms with Gasteiger partial charge in [-0.25, -0.2) is 0 Å². The van der Waals surface area contributed by atoms with Gasteiger partial charge in [0.1, 0.15) is 0 Å². The molecule has 1 aliphatic rings. The van der Waals surface area contributed by atoms with Crippen molar-refractivity contribution in [3.63, 3.8) is 0 Å². The van der Waals surface area contributed by atoms with Gasteiger partial charge in [-0.15, -0.1) is 0 Å². The number of nitrogens with zero attached hydrogens (tertiary/aromatic N) is 2. The predicted octanol–water partition coefficient (Wildman–Crippen LogP) is 2.24. The number of rotatable bonds is 6. The monoisotopic (exact) mass is 308 g/mol. The van der Waals surface area contributed by atoms with Gasteiger partial charge in [-0.3, -0.25) is 4.90 Å². The van der Waals surface area contributed by atoms with Gasteiger partial charge in [0.25, 0.3) is 0 Å². The Morgan fingerprint density at radius 3 is 2.05 bits per heavy atom. The Labute approximate surface area is 133 Å². The van der Waals surface area contributed by atoms with Crippen molar-refractivity contribution in [2.45, 2.75) is 25.4 Å². The summed E-state index contributed by atoms with van der Waals surface area (Å²) in [7, 11) is 9.32. The predicted molar refractivity (Wildman–Crippen MR) is 88.1 cm³/mol. The Morgan fingerprint density at radius 2 is 1.59 bits per heavy atom. The molecule has 2 rings (SSSR count). The molecule has 22 heavy (non-hydrogen) atoms. The molecule has 1 saturated heterocycles. The van der Waals surface area contributed by atoms with Gasteiger partial charge in [0.2, 0.25) is 5.75 Å². The topological polar surface area (TPSA) is 34.2 Å². The van der Waals surface area contributed by atoms with Crippen molar-refractivity contribution in [2.24, 2.45) is 0 Å². The maximum Gasteiger partial charge on any atom is 0.203 e. The lowest BCUT2D eigenvalue weighted by atomic mass is 10.0. The summed E-state index contributed by atoms with van der Waals surface area (Å²) in [6.45, 7) is 3.22. The molecule has 0 N–H and O–H groups in total. The molecule has 0 bridgehead atoms. The summed E-state index contributed by atoms with van der Waals surface area (Å²) in [5.74, 6) is 2.08. The van der Waals surface area contributed by atoms with E-state index in [1.807, 2.05) is 12.1 Å². The summed E-state index contributed by atoms with van der Waals surface area (Å²) >= 11 is 0. The Bertz CT molecular complexity index is 460. The first-order valence-corrected chi connectivity index (χ1v) is 7.76. The third-order valence-corrected chi connectivity index (χ3v) is 4.47. The van der Waals surface area contributed by atoms with Crippen LogP contribution in [-0.2, 0) is 6.54 Å². The fourth-order valence-corrected chi connectivity index (χ4v) is 3.08. The molecule has 0 radical (unpaired) electrons. The van der Waals surface area contributed by atoms with E-state index >= 15 is 0 Å². The molecule has 1 aromatic carbocycles.